The Labute approximate surface area is 287 Å². The number of thiazole rings is 2. The standard InChI is InChI=1S/C30H20Cl2N4O2S6/c31-17-1-11-25-23(13-17)35-29(41-25)39-15-27(37)33-19-3-7-21(8-4-19)43-44-22-9-5-20(6-10-22)34-28(38)16-40-30-36-24-14-18(32)2-12-26(24)42-30/h1-14H,15-16H2,(H,33,37)(H,34,38). The predicted octanol–water partition coefficient (Wildman–Crippen LogP) is 10.5. The molecule has 14 heteroatoms. The third-order valence-corrected chi connectivity index (χ3v) is 13.1. The van der Waals surface area contributed by atoms with Crippen LogP contribution in [0.1, 0.15) is 0 Å². The van der Waals surface area contributed by atoms with Crippen LogP contribution in [0.3, 0.4) is 0 Å². The third kappa shape index (κ3) is 8.64. The highest BCUT2D eigenvalue weighted by Crippen LogP contribution is 2.38. The zero-order chi connectivity index (χ0) is 30.5. The van der Waals surface area contributed by atoms with Crippen molar-refractivity contribution in [3.63, 3.8) is 0 Å². The number of nitrogens with one attached hydrogen (secondary N) is 2. The molecule has 0 aliphatic heterocycles. The van der Waals surface area contributed by atoms with Crippen molar-refractivity contribution in [3.05, 3.63) is 95.0 Å². The lowest BCUT2D eigenvalue weighted by molar-refractivity contribution is -0.114. The lowest BCUT2D eigenvalue weighted by atomic mass is 10.3. The number of benzene rings is 4. The van der Waals surface area contributed by atoms with Gasteiger partial charge in [0, 0.05) is 31.2 Å². The van der Waals surface area contributed by atoms with Gasteiger partial charge in [0.15, 0.2) is 8.68 Å². The first-order valence-corrected chi connectivity index (χ1v) is 19.4. The molecule has 0 saturated heterocycles. The number of hydrogen-bond acceptors (Lipinski definition) is 10. The minimum atomic E-state index is -0.0880. The molecule has 6 aromatic rings. The van der Waals surface area contributed by atoms with E-state index in [2.05, 4.69) is 20.6 Å². The average molecular weight is 732 g/mol. The van der Waals surface area contributed by atoms with Crippen LogP contribution in [0.25, 0.3) is 20.4 Å². The van der Waals surface area contributed by atoms with Crippen molar-refractivity contribution in [1.29, 1.82) is 0 Å². The Kier molecular flexibility index (Phi) is 10.6. The highest BCUT2D eigenvalue weighted by molar-refractivity contribution is 8.76. The largest absolute Gasteiger partial charge is 0.325 e. The number of amides is 2. The smallest absolute Gasteiger partial charge is 0.234 e. The second kappa shape index (κ2) is 14.8. The molecule has 222 valence electrons. The molecule has 2 heterocycles. The minimum Gasteiger partial charge on any atom is -0.325 e. The molecular weight excluding hydrogens is 712 g/mol. The van der Waals surface area contributed by atoms with E-state index in [9.17, 15) is 9.59 Å². The predicted molar refractivity (Wildman–Crippen MR) is 193 cm³/mol. The van der Waals surface area contributed by atoms with Crippen LogP contribution in [0, 0.1) is 0 Å². The first kappa shape index (κ1) is 31.6. The summed E-state index contributed by atoms with van der Waals surface area (Å²) in [7, 11) is 3.24. The van der Waals surface area contributed by atoms with Crippen LogP contribution in [0.4, 0.5) is 11.4 Å². The van der Waals surface area contributed by atoms with Gasteiger partial charge in [0.2, 0.25) is 11.8 Å². The maximum Gasteiger partial charge on any atom is 0.234 e. The summed E-state index contributed by atoms with van der Waals surface area (Å²) < 4.78 is 3.76. The number of nitrogens with zero attached hydrogens (tertiary/aromatic N) is 2. The SMILES string of the molecule is O=C(CSc1nc2cc(Cl)ccc2s1)Nc1ccc(SSc2ccc(NC(=O)CSc3nc4cc(Cl)ccc4s3)cc2)cc1. The molecule has 0 spiro atoms. The topological polar surface area (TPSA) is 84.0 Å². The van der Waals surface area contributed by atoms with Crippen LogP contribution in [0.5, 0.6) is 0 Å². The van der Waals surface area contributed by atoms with E-state index in [1.807, 2.05) is 84.9 Å². The van der Waals surface area contributed by atoms with Gasteiger partial charge in [-0.25, -0.2) is 9.97 Å². The number of carbonyl (C=O) groups is 2. The number of rotatable bonds is 11. The molecule has 6 rings (SSSR count). The van der Waals surface area contributed by atoms with Crippen molar-refractivity contribution in [2.24, 2.45) is 0 Å². The van der Waals surface area contributed by atoms with Crippen LogP contribution < -0.4 is 10.6 Å². The summed E-state index contributed by atoms with van der Waals surface area (Å²) in [4.78, 5) is 36.1. The summed E-state index contributed by atoms with van der Waals surface area (Å²) in [6.07, 6.45) is 0. The Balaban J connectivity index is 0.919. The summed E-state index contributed by atoms with van der Waals surface area (Å²) in [5.74, 6) is 0.368. The van der Waals surface area contributed by atoms with E-state index >= 15 is 0 Å². The monoisotopic (exact) mass is 730 g/mol. The van der Waals surface area contributed by atoms with Gasteiger partial charge in [-0.2, -0.15) is 0 Å². The third-order valence-electron chi connectivity index (χ3n) is 5.82. The van der Waals surface area contributed by atoms with Gasteiger partial charge >= 0.3 is 0 Å². The van der Waals surface area contributed by atoms with Gasteiger partial charge in [-0.05, 0) is 84.9 Å². The molecule has 0 saturated carbocycles. The second-order valence-electron chi connectivity index (χ2n) is 9.07. The van der Waals surface area contributed by atoms with E-state index in [0.29, 0.717) is 10.0 Å². The number of thioether (sulfide) groups is 2. The molecule has 4 aromatic carbocycles. The Morgan fingerprint density at radius 2 is 1.02 bits per heavy atom. The fourth-order valence-corrected chi connectivity index (χ4v) is 9.78. The summed E-state index contributed by atoms with van der Waals surface area (Å²) >= 11 is 18.0. The van der Waals surface area contributed by atoms with Crippen molar-refractivity contribution < 1.29 is 9.59 Å². The highest BCUT2D eigenvalue weighted by atomic mass is 35.5. The van der Waals surface area contributed by atoms with Crippen LogP contribution in [0.2, 0.25) is 10.0 Å². The number of anilines is 2. The zero-order valence-corrected chi connectivity index (χ0v) is 28.8. The van der Waals surface area contributed by atoms with E-state index in [0.717, 1.165) is 50.3 Å². The van der Waals surface area contributed by atoms with E-state index in [-0.39, 0.29) is 23.3 Å². The number of aromatic nitrogens is 2. The number of carbonyl (C=O) groups excluding carboxylic acids is 2. The van der Waals surface area contributed by atoms with Crippen LogP contribution >= 0.6 is 91.0 Å². The summed E-state index contributed by atoms with van der Waals surface area (Å²) in [5.41, 5.74) is 3.17. The van der Waals surface area contributed by atoms with Gasteiger partial charge < -0.3 is 10.6 Å². The Hall–Kier alpha value is -2.42. The molecule has 2 aromatic heterocycles. The molecule has 0 atom stereocenters. The lowest BCUT2D eigenvalue weighted by Crippen LogP contribution is -2.13. The molecule has 6 nitrogen and oxygen atoms in total. The van der Waals surface area contributed by atoms with Crippen LogP contribution in [-0.4, -0.2) is 33.3 Å². The van der Waals surface area contributed by atoms with Gasteiger partial charge in [-0.15, -0.1) is 22.7 Å². The van der Waals surface area contributed by atoms with Crippen molar-refractivity contribution in [1.82, 2.24) is 9.97 Å². The Morgan fingerprint density at radius 1 is 0.614 bits per heavy atom. The van der Waals surface area contributed by atoms with Gasteiger partial charge in [0.25, 0.3) is 0 Å². The Bertz CT molecular complexity index is 1810. The van der Waals surface area contributed by atoms with Crippen LogP contribution in [0.15, 0.2) is 103 Å². The van der Waals surface area contributed by atoms with Crippen molar-refractivity contribution >= 4 is 135 Å². The van der Waals surface area contributed by atoms with Gasteiger partial charge in [0.05, 0.1) is 31.9 Å². The van der Waals surface area contributed by atoms with Crippen LogP contribution in [-0.2, 0) is 9.59 Å². The molecule has 0 bridgehead atoms. The van der Waals surface area contributed by atoms with Gasteiger partial charge in [-0.3, -0.25) is 9.59 Å². The molecule has 0 unspecified atom stereocenters. The Morgan fingerprint density at radius 3 is 1.43 bits per heavy atom. The molecule has 0 fully saturated rings. The van der Waals surface area contributed by atoms with Crippen molar-refractivity contribution in [3.8, 4) is 0 Å². The van der Waals surface area contributed by atoms with E-state index in [1.54, 1.807) is 44.3 Å². The minimum absolute atomic E-state index is 0.0880. The quantitative estimate of drug-likeness (QED) is 0.101. The number of halogens is 2. The maximum atomic E-state index is 12.5. The lowest BCUT2D eigenvalue weighted by Gasteiger charge is -2.07. The zero-order valence-electron chi connectivity index (χ0n) is 22.4. The van der Waals surface area contributed by atoms with E-state index in [4.69, 9.17) is 23.2 Å². The molecule has 44 heavy (non-hydrogen) atoms. The number of fused-ring (bicyclic) bond motifs is 2. The fraction of sp³-hybridized carbons (Fsp3) is 0.0667. The van der Waals surface area contributed by atoms with Gasteiger partial charge in [-0.1, -0.05) is 68.3 Å². The molecular formula is C30H20Cl2N4O2S6. The molecule has 2 amide bonds. The normalized spacial score (nSPS) is 11.2. The summed E-state index contributed by atoms with van der Waals surface area (Å²) in [6, 6.07) is 26.7. The first-order chi connectivity index (χ1) is 21.4. The summed E-state index contributed by atoms with van der Waals surface area (Å²) in [6.45, 7) is 0. The van der Waals surface area contributed by atoms with Crippen molar-refractivity contribution in [2.75, 3.05) is 22.1 Å². The van der Waals surface area contributed by atoms with E-state index < -0.39 is 0 Å². The average Bonchev–Trinajstić information content (AvgIpc) is 3.62. The number of hydrogen-bond donors (Lipinski definition) is 2. The first-order valence-electron chi connectivity index (χ1n) is 12.9. The molecule has 0 aliphatic rings. The van der Waals surface area contributed by atoms with E-state index in [1.165, 1.54) is 23.5 Å². The van der Waals surface area contributed by atoms with Gasteiger partial charge in [0.1, 0.15) is 0 Å². The van der Waals surface area contributed by atoms with Crippen molar-refractivity contribution in [2.45, 2.75) is 18.5 Å². The highest BCUT2D eigenvalue weighted by Gasteiger charge is 2.11. The molecule has 2 N–H and O–H groups in total. The maximum absolute atomic E-state index is 12.5. The molecule has 0 radical (unpaired) electrons. The summed E-state index contributed by atoms with van der Waals surface area (Å²) in [5, 5.41) is 7.18. The molecule has 0 aliphatic carbocycles. The fourth-order valence-electron chi connectivity index (χ4n) is 3.81. The second-order valence-corrected chi connectivity index (χ2v) is 16.7.